The molecule has 0 bridgehead atoms. The molecule has 0 radical (unpaired) electrons. The zero-order valence-corrected chi connectivity index (χ0v) is 11.5. The second kappa shape index (κ2) is 5.76. The number of rotatable bonds is 5. The molecule has 6 nitrogen and oxygen atoms in total. The molecule has 0 aliphatic heterocycles. The first kappa shape index (κ1) is 14.4. The minimum atomic E-state index is -3.77. The second-order valence-electron chi connectivity index (χ2n) is 3.07. The Labute approximate surface area is 112 Å². The summed E-state index contributed by atoms with van der Waals surface area (Å²) in [6.45, 7) is -0.438. The first-order valence-electron chi connectivity index (χ1n) is 4.52. The third-order valence-corrected chi connectivity index (χ3v) is 4.28. The lowest BCUT2D eigenvalue weighted by molar-refractivity contribution is 0.0695. The quantitative estimate of drug-likeness (QED) is 0.645. The predicted octanol–water partition coefficient (Wildman–Crippen LogP) is 0.260. The maximum absolute atomic E-state index is 11.7. The SMILES string of the molecule is O=C(O)c1cc(S(=O)(=O)NCCO)ccc1I. The lowest BCUT2D eigenvalue weighted by Crippen LogP contribution is -2.26. The Morgan fingerprint density at radius 2 is 2.06 bits per heavy atom. The summed E-state index contributed by atoms with van der Waals surface area (Å²) in [5.41, 5.74) is -0.0718. The summed E-state index contributed by atoms with van der Waals surface area (Å²) in [6, 6.07) is 3.81. The topological polar surface area (TPSA) is 104 Å². The van der Waals surface area contributed by atoms with Crippen LogP contribution in [-0.2, 0) is 10.0 Å². The van der Waals surface area contributed by atoms with Gasteiger partial charge in [-0.25, -0.2) is 17.9 Å². The van der Waals surface area contributed by atoms with E-state index in [-0.39, 0.29) is 23.6 Å². The molecule has 1 rings (SSSR count). The van der Waals surface area contributed by atoms with Gasteiger partial charge in [0.2, 0.25) is 10.0 Å². The number of carboxylic acids is 1. The molecule has 0 amide bonds. The fraction of sp³-hybridized carbons (Fsp3) is 0.222. The molecular weight excluding hydrogens is 361 g/mol. The molecule has 17 heavy (non-hydrogen) atoms. The summed E-state index contributed by atoms with van der Waals surface area (Å²) < 4.78 is 25.9. The van der Waals surface area contributed by atoms with Crippen molar-refractivity contribution in [2.24, 2.45) is 0 Å². The average molecular weight is 371 g/mol. The summed E-state index contributed by atoms with van der Waals surface area (Å²) in [6.07, 6.45) is 0. The molecule has 0 aliphatic rings. The van der Waals surface area contributed by atoms with Gasteiger partial charge in [0.1, 0.15) is 0 Å². The molecule has 0 saturated carbocycles. The van der Waals surface area contributed by atoms with Gasteiger partial charge >= 0.3 is 5.97 Å². The van der Waals surface area contributed by atoms with Crippen LogP contribution in [0, 0.1) is 3.57 Å². The van der Waals surface area contributed by atoms with E-state index in [9.17, 15) is 13.2 Å². The van der Waals surface area contributed by atoms with Gasteiger partial charge in [0.05, 0.1) is 17.1 Å². The van der Waals surface area contributed by atoms with E-state index in [1.807, 2.05) is 22.6 Å². The van der Waals surface area contributed by atoms with E-state index in [4.69, 9.17) is 10.2 Å². The lowest BCUT2D eigenvalue weighted by atomic mass is 10.2. The summed E-state index contributed by atoms with van der Waals surface area (Å²) in [7, 11) is -3.77. The van der Waals surface area contributed by atoms with E-state index >= 15 is 0 Å². The van der Waals surface area contributed by atoms with Crippen LogP contribution in [0.2, 0.25) is 0 Å². The number of hydrogen-bond acceptors (Lipinski definition) is 4. The molecule has 1 aromatic carbocycles. The molecule has 94 valence electrons. The molecule has 0 atom stereocenters. The summed E-state index contributed by atoms with van der Waals surface area (Å²) >= 11 is 1.81. The van der Waals surface area contributed by atoms with Crippen molar-refractivity contribution >= 4 is 38.6 Å². The molecule has 0 spiro atoms. The zero-order valence-electron chi connectivity index (χ0n) is 8.55. The summed E-state index contributed by atoms with van der Waals surface area (Å²) in [5, 5.41) is 17.4. The third-order valence-electron chi connectivity index (χ3n) is 1.88. The molecule has 0 aromatic heterocycles. The second-order valence-corrected chi connectivity index (χ2v) is 6.00. The Balaban J connectivity index is 3.16. The van der Waals surface area contributed by atoms with Crippen LogP contribution in [0.3, 0.4) is 0 Å². The molecule has 0 saturated heterocycles. The number of halogens is 1. The van der Waals surface area contributed by atoms with E-state index < -0.39 is 16.0 Å². The number of carboxylic acid groups (broad SMARTS) is 1. The van der Waals surface area contributed by atoms with Crippen molar-refractivity contribution in [1.29, 1.82) is 0 Å². The predicted molar refractivity (Wildman–Crippen MR) is 68.4 cm³/mol. The average Bonchev–Trinajstić information content (AvgIpc) is 2.26. The van der Waals surface area contributed by atoms with Crippen LogP contribution >= 0.6 is 22.6 Å². The van der Waals surface area contributed by atoms with Gasteiger partial charge in [0, 0.05) is 10.1 Å². The maximum Gasteiger partial charge on any atom is 0.336 e. The normalized spacial score (nSPS) is 11.4. The monoisotopic (exact) mass is 371 g/mol. The number of sulfonamides is 1. The molecule has 8 heteroatoms. The van der Waals surface area contributed by atoms with Crippen LogP contribution in [0.4, 0.5) is 0 Å². The highest BCUT2D eigenvalue weighted by Crippen LogP contribution is 2.17. The van der Waals surface area contributed by atoms with Crippen molar-refractivity contribution < 1.29 is 23.4 Å². The first-order chi connectivity index (χ1) is 7.88. The largest absolute Gasteiger partial charge is 0.478 e. The fourth-order valence-corrected chi connectivity index (χ4v) is 2.71. The van der Waals surface area contributed by atoms with E-state index in [2.05, 4.69) is 4.72 Å². The number of benzene rings is 1. The maximum atomic E-state index is 11.7. The van der Waals surface area contributed by atoms with Crippen molar-refractivity contribution in [3.63, 3.8) is 0 Å². The van der Waals surface area contributed by atoms with E-state index in [0.717, 1.165) is 6.07 Å². The molecule has 1 aromatic rings. The van der Waals surface area contributed by atoms with Crippen LogP contribution in [0.25, 0.3) is 0 Å². The molecule has 0 aliphatic carbocycles. The first-order valence-corrected chi connectivity index (χ1v) is 7.08. The number of aliphatic hydroxyl groups is 1. The van der Waals surface area contributed by atoms with Gasteiger partial charge < -0.3 is 10.2 Å². The highest BCUT2D eigenvalue weighted by molar-refractivity contribution is 14.1. The van der Waals surface area contributed by atoms with E-state index in [1.54, 1.807) is 0 Å². The van der Waals surface area contributed by atoms with Gasteiger partial charge in [-0.05, 0) is 40.8 Å². The Morgan fingerprint density at radius 3 is 2.59 bits per heavy atom. The number of hydrogen-bond donors (Lipinski definition) is 3. The van der Waals surface area contributed by atoms with Crippen LogP contribution in [0.5, 0.6) is 0 Å². The number of aliphatic hydroxyl groups excluding tert-OH is 1. The molecule has 3 N–H and O–H groups in total. The van der Waals surface area contributed by atoms with Gasteiger partial charge in [-0.15, -0.1) is 0 Å². The highest BCUT2D eigenvalue weighted by atomic mass is 127. The molecule has 0 heterocycles. The Morgan fingerprint density at radius 1 is 1.41 bits per heavy atom. The Hall–Kier alpha value is -0.710. The van der Waals surface area contributed by atoms with Crippen molar-refractivity contribution in [2.75, 3.05) is 13.2 Å². The lowest BCUT2D eigenvalue weighted by Gasteiger charge is -2.07. The number of carbonyl (C=O) groups is 1. The van der Waals surface area contributed by atoms with Gasteiger partial charge in [-0.1, -0.05) is 0 Å². The Kier molecular flexibility index (Phi) is 4.86. The van der Waals surface area contributed by atoms with Crippen molar-refractivity contribution in [2.45, 2.75) is 4.90 Å². The Bertz CT molecular complexity index is 528. The van der Waals surface area contributed by atoms with Crippen LogP contribution in [-0.4, -0.2) is 37.8 Å². The molecule has 0 unspecified atom stereocenters. The van der Waals surface area contributed by atoms with Crippen molar-refractivity contribution in [3.8, 4) is 0 Å². The molecular formula is C9H10INO5S. The van der Waals surface area contributed by atoms with Crippen molar-refractivity contribution in [3.05, 3.63) is 27.3 Å². The fourth-order valence-electron chi connectivity index (χ4n) is 1.10. The smallest absolute Gasteiger partial charge is 0.336 e. The minimum Gasteiger partial charge on any atom is -0.478 e. The van der Waals surface area contributed by atoms with Crippen LogP contribution in [0.15, 0.2) is 23.1 Å². The third kappa shape index (κ3) is 3.63. The number of aromatic carboxylic acids is 1. The highest BCUT2D eigenvalue weighted by Gasteiger charge is 2.17. The van der Waals surface area contributed by atoms with Gasteiger partial charge in [-0.2, -0.15) is 0 Å². The minimum absolute atomic E-state index is 0.0718. The van der Waals surface area contributed by atoms with Gasteiger partial charge in [0.15, 0.2) is 0 Å². The van der Waals surface area contributed by atoms with Gasteiger partial charge in [0.25, 0.3) is 0 Å². The summed E-state index contributed by atoms with van der Waals surface area (Å²) in [5.74, 6) is -1.19. The molecule has 0 fully saturated rings. The number of nitrogens with one attached hydrogen (secondary N) is 1. The van der Waals surface area contributed by atoms with Crippen molar-refractivity contribution in [1.82, 2.24) is 4.72 Å². The summed E-state index contributed by atoms with van der Waals surface area (Å²) in [4.78, 5) is 10.7. The van der Waals surface area contributed by atoms with E-state index in [1.165, 1.54) is 12.1 Å². The zero-order chi connectivity index (χ0) is 13.1. The van der Waals surface area contributed by atoms with Crippen LogP contribution in [0.1, 0.15) is 10.4 Å². The van der Waals surface area contributed by atoms with Gasteiger partial charge in [-0.3, -0.25) is 0 Å². The standard InChI is InChI=1S/C9H10INO5S/c10-8-2-1-6(5-7(8)9(13)14)17(15,16)11-3-4-12/h1-2,5,11-12H,3-4H2,(H,13,14). The van der Waals surface area contributed by atoms with E-state index in [0.29, 0.717) is 3.57 Å². The van der Waals surface area contributed by atoms with Crippen LogP contribution < -0.4 is 4.72 Å².